The minimum atomic E-state index is -2.03. The quantitative estimate of drug-likeness (QED) is 0.548. The second-order valence-corrected chi connectivity index (χ2v) is 10.1. The van der Waals surface area contributed by atoms with Gasteiger partial charge in [0.25, 0.3) is 0 Å². The van der Waals surface area contributed by atoms with E-state index in [1.54, 1.807) is 0 Å². The van der Waals surface area contributed by atoms with Crippen LogP contribution in [0.15, 0.2) is 0 Å². The van der Waals surface area contributed by atoms with Gasteiger partial charge in [-0.2, -0.15) is 0 Å². The first-order chi connectivity index (χ1) is 8.42. The molecule has 1 rings (SSSR count). The van der Waals surface area contributed by atoms with Gasteiger partial charge in [0, 0.05) is 23.3 Å². The van der Waals surface area contributed by atoms with Crippen molar-refractivity contribution in [1.29, 1.82) is 0 Å². The number of rotatable bonds is 9. The summed E-state index contributed by atoms with van der Waals surface area (Å²) in [5, 5.41) is 0. The lowest BCUT2D eigenvalue weighted by Gasteiger charge is -2.39. The Labute approximate surface area is 115 Å². The molecule has 0 aromatic heterocycles. The molecule has 108 valence electrons. The Morgan fingerprint density at radius 3 is 1.83 bits per heavy atom. The lowest BCUT2D eigenvalue weighted by molar-refractivity contribution is 0.0947. The van der Waals surface area contributed by atoms with Crippen molar-refractivity contribution in [2.75, 3.05) is 0 Å². The van der Waals surface area contributed by atoms with Gasteiger partial charge in [0.1, 0.15) is 0 Å². The van der Waals surface area contributed by atoms with Crippen molar-refractivity contribution in [2.24, 2.45) is 0 Å². The fourth-order valence-electron chi connectivity index (χ4n) is 2.79. The standard InChI is InChI=1S/C15H32O2Si/c1-7-8-9-14(6)18(15-10-11-15,16-12(2)3)17-13(4)5/h12-15H,7-11H2,1-6H3. The third kappa shape index (κ3) is 4.36. The Morgan fingerprint density at radius 1 is 1.00 bits per heavy atom. The highest BCUT2D eigenvalue weighted by molar-refractivity contribution is 6.71. The first kappa shape index (κ1) is 16.2. The predicted molar refractivity (Wildman–Crippen MR) is 80.1 cm³/mol. The van der Waals surface area contributed by atoms with Crippen molar-refractivity contribution in [3.8, 4) is 0 Å². The van der Waals surface area contributed by atoms with Crippen LogP contribution < -0.4 is 0 Å². The summed E-state index contributed by atoms with van der Waals surface area (Å²) in [6.07, 6.45) is 7.05. The van der Waals surface area contributed by atoms with E-state index in [-0.39, 0.29) is 0 Å². The van der Waals surface area contributed by atoms with E-state index >= 15 is 0 Å². The fourth-order valence-corrected chi connectivity index (χ4v) is 7.55. The lowest BCUT2D eigenvalue weighted by Crippen LogP contribution is -2.50. The Balaban J connectivity index is 2.80. The van der Waals surface area contributed by atoms with Gasteiger partial charge in [0.05, 0.1) is 0 Å². The minimum Gasteiger partial charge on any atom is -0.391 e. The third-order valence-electron chi connectivity index (χ3n) is 3.66. The monoisotopic (exact) mass is 272 g/mol. The molecule has 0 amide bonds. The van der Waals surface area contributed by atoms with Crippen molar-refractivity contribution < 1.29 is 8.85 Å². The largest absolute Gasteiger partial charge is 0.391 e. The molecule has 3 heteroatoms. The summed E-state index contributed by atoms with van der Waals surface area (Å²) in [7, 11) is -2.03. The van der Waals surface area contributed by atoms with Crippen LogP contribution in [-0.2, 0) is 8.85 Å². The van der Waals surface area contributed by atoms with E-state index in [1.807, 2.05) is 0 Å². The van der Waals surface area contributed by atoms with Gasteiger partial charge < -0.3 is 8.85 Å². The zero-order chi connectivity index (χ0) is 13.8. The number of hydrogen-bond acceptors (Lipinski definition) is 2. The first-order valence-electron chi connectivity index (χ1n) is 7.78. The Morgan fingerprint density at radius 2 is 1.50 bits per heavy atom. The average molecular weight is 273 g/mol. The van der Waals surface area contributed by atoms with Crippen molar-refractivity contribution in [3.05, 3.63) is 0 Å². The van der Waals surface area contributed by atoms with Gasteiger partial charge in [-0.1, -0.05) is 26.7 Å². The van der Waals surface area contributed by atoms with Gasteiger partial charge in [-0.3, -0.25) is 0 Å². The van der Waals surface area contributed by atoms with Crippen LogP contribution >= 0.6 is 0 Å². The second kappa shape index (κ2) is 7.06. The van der Waals surface area contributed by atoms with Crippen LogP contribution in [0, 0.1) is 0 Å². The van der Waals surface area contributed by atoms with Gasteiger partial charge in [0.2, 0.25) is 0 Å². The van der Waals surface area contributed by atoms with Gasteiger partial charge in [0.15, 0.2) is 0 Å². The van der Waals surface area contributed by atoms with E-state index in [9.17, 15) is 0 Å². The van der Waals surface area contributed by atoms with E-state index in [0.29, 0.717) is 17.7 Å². The van der Waals surface area contributed by atoms with E-state index in [0.717, 1.165) is 5.54 Å². The van der Waals surface area contributed by atoms with E-state index in [1.165, 1.54) is 32.1 Å². The molecule has 0 heterocycles. The molecule has 18 heavy (non-hydrogen) atoms. The van der Waals surface area contributed by atoms with Crippen molar-refractivity contribution in [2.45, 2.75) is 96.9 Å². The molecule has 1 aliphatic rings. The van der Waals surface area contributed by atoms with Gasteiger partial charge in [-0.15, -0.1) is 0 Å². The predicted octanol–water partition coefficient (Wildman–Crippen LogP) is 5.02. The van der Waals surface area contributed by atoms with Gasteiger partial charge >= 0.3 is 8.56 Å². The minimum absolute atomic E-state index is 0.292. The lowest BCUT2D eigenvalue weighted by atomic mass is 10.2. The summed E-state index contributed by atoms with van der Waals surface area (Å²) in [4.78, 5) is 0. The average Bonchev–Trinajstić information content (AvgIpc) is 3.07. The first-order valence-corrected chi connectivity index (χ1v) is 9.75. The molecule has 1 saturated carbocycles. The van der Waals surface area contributed by atoms with Crippen molar-refractivity contribution >= 4 is 8.56 Å². The molecule has 0 N–H and O–H groups in total. The molecule has 0 bridgehead atoms. The van der Waals surface area contributed by atoms with Crippen LogP contribution in [0.4, 0.5) is 0 Å². The highest BCUT2D eigenvalue weighted by Gasteiger charge is 2.56. The zero-order valence-electron chi connectivity index (χ0n) is 13.2. The van der Waals surface area contributed by atoms with Crippen LogP contribution in [-0.4, -0.2) is 20.8 Å². The maximum Gasteiger partial charge on any atom is 0.344 e. The van der Waals surface area contributed by atoms with Gasteiger partial charge in [-0.05, 0) is 47.0 Å². The van der Waals surface area contributed by atoms with Crippen LogP contribution in [0.25, 0.3) is 0 Å². The number of hydrogen-bond donors (Lipinski definition) is 0. The topological polar surface area (TPSA) is 18.5 Å². The van der Waals surface area contributed by atoms with E-state index in [2.05, 4.69) is 41.5 Å². The summed E-state index contributed by atoms with van der Waals surface area (Å²) < 4.78 is 12.9. The molecule has 0 radical (unpaired) electrons. The summed E-state index contributed by atoms with van der Waals surface area (Å²) >= 11 is 0. The summed E-state index contributed by atoms with van der Waals surface area (Å²) in [6, 6.07) is 0. The summed E-state index contributed by atoms with van der Waals surface area (Å²) in [5.41, 5.74) is 1.36. The molecule has 0 saturated heterocycles. The molecule has 2 nitrogen and oxygen atoms in total. The smallest absolute Gasteiger partial charge is 0.344 e. The Kier molecular flexibility index (Phi) is 6.35. The van der Waals surface area contributed by atoms with Crippen molar-refractivity contribution in [3.63, 3.8) is 0 Å². The van der Waals surface area contributed by atoms with Crippen molar-refractivity contribution in [1.82, 2.24) is 0 Å². The molecule has 1 fully saturated rings. The Hall–Kier alpha value is 0.137. The highest BCUT2D eigenvalue weighted by atomic mass is 28.4. The van der Waals surface area contributed by atoms with Crippen LogP contribution in [0.1, 0.15) is 73.6 Å². The van der Waals surface area contributed by atoms with Crippen LogP contribution in [0.3, 0.4) is 0 Å². The molecule has 0 aromatic carbocycles. The molecular weight excluding hydrogens is 240 g/mol. The molecule has 1 atom stereocenters. The molecular formula is C15H32O2Si. The van der Waals surface area contributed by atoms with Gasteiger partial charge in [-0.25, -0.2) is 0 Å². The summed E-state index contributed by atoms with van der Waals surface area (Å²) in [6.45, 7) is 13.2. The molecule has 0 aromatic rings. The van der Waals surface area contributed by atoms with Crippen LogP contribution in [0.5, 0.6) is 0 Å². The SMILES string of the molecule is CCCCC(C)[Si](OC(C)C)(OC(C)C)C1CC1. The van der Waals surface area contributed by atoms with Crippen LogP contribution in [0.2, 0.25) is 11.1 Å². The molecule has 1 unspecified atom stereocenters. The van der Waals surface area contributed by atoms with E-state index < -0.39 is 8.56 Å². The third-order valence-corrected chi connectivity index (χ3v) is 8.72. The Bertz CT molecular complexity index is 227. The molecule has 0 aliphatic heterocycles. The molecule has 0 spiro atoms. The normalized spacial score (nSPS) is 18.7. The number of unbranched alkanes of at least 4 members (excludes halogenated alkanes) is 1. The fraction of sp³-hybridized carbons (Fsp3) is 1.00. The summed E-state index contributed by atoms with van der Waals surface area (Å²) in [5.74, 6) is 0. The van der Waals surface area contributed by atoms with E-state index in [4.69, 9.17) is 8.85 Å². The maximum atomic E-state index is 6.45. The molecule has 1 aliphatic carbocycles. The maximum absolute atomic E-state index is 6.45. The highest BCUT2D eigenvalue weighted by Crippen LogP contribution is 2.53. The zero-order valence-corrected chi connectivity index (χ0v) is 14.2. The second-order valence-electron chi connectivity index (χ2n) is 6.37.